The van der Waals surface area contributed by atoms with E-state index in [9.17, 15) is 9.59 Å². The summed E-state index contributed by atoms with van der Waals surface area (Å²) < 4.78 is 0. The SMILES string of the molecule is O=C1C2=C(CCCC2)C(=O)N1CCc1ccccc1. The average Bonchev–Trinajstić information content (AvgIpc) is 2.71. The van der Waals surface area contributed by atoms with Crippen molar-refractivity contribution in [1.29, 1.82) is 0 Å². The molecule has 2 amide bonds. The van der Waals surface area contributed by atoms with Crippen LogP contribution in [0.5, 0.6) is 0 Å². The molecule has 0 radical (unpaired) electrons. The van der Waals surface area contributed by atoms with E-state index in [4.69, 9.17) is 0 Å². The topological polar surface area (TPSA) is 37.4 Å². The van der Waals surface area contributed by atoms with Crippen molar-refractivity contribution in [2.24, 2.45) is 0 Å². The molecule has 19 heavy (non-hydrogen) atoms. The van der Waals surface area contributed by atoms with Crippen LogP contribution in [0.4, 0.5) is 0 Å². The van der Waals surface area contributed by atoms with E-state index >= 15 is 0 Å². The van der Waals surface area contributed by atoms with Gasteiger partial charge in [0.2, 0.25) is 0 Å². The first-order valence-electron chi connectivity index (χ1n) is 6.89. The number of carbonyl (C=O) groups excluding carboxylic acids is 2. The fraction of sp³-hybridized carbons (Fsp3) is 0.375. The molecule has 0 spiro atoms. The second kappa shape index (κ2) is 5.00. The van der Waals surface area contributed by atoms with Gasteiger partial charge in [0.15, 0.2) is 0 Å². The summed E-state index contributed by atoms with van der Waals surface area (Å²) in [7, 11) is 0. The monoisotopic (exact) mass is 255 g/mol. The number of carbonyl (C=O) groups is 2. The molecule has 3 rings (SSSR count). The Hall–Kier alpha value is -1.90. The number of rotatable bonds is 3. The van der Waals surface area contributed by atoms with Crippen molar-refractivity contribution in [3.8, 4) is 0 Å². The molecule has 1 aromatic rings. The van der Waals surface area contributed by atoms with Gasteiger partial charge in [0, 0.05) is 17.7 Å². The highest BCUT2D eigenvalue weighted by molar-refractivity contribution is 6.19. The highest BCUT2D eigenvalue weighted by Crippen LogP contribution is 2.32. The van der Waals surface area contributed by atoms with E-state index < -0.39 is 0 Å². The Bertz CT molecular complexity index is 517. The Balaban J connectivity index is 1.70. The third kappa shape index (κ3) is 2.21. The van der Waals surface area contributed by atoms with Gasteiger partial charge < -0.3 is 0 Å². The van der Waals surface area contributed by atoms with Crippen LogP contribution in [0.2, 0.25) is 0 Å². The normalized spacial score (nSPS) is 19.1. The highest BCUT2D eigenvalue weighted by Gasteiger charge is 2.38. The van der Waals surface area contributed by atoms with Crippen LogP contribution in [0.15, 0.2) is 41.5 Å². The summed E-state index contributed by atoms with van der Waals surface area (Å²) in [5, 5.41) is 0. The largest absolute Gasteiger partial charge is 0.275 e. The molecule has 1 aliphatic heterocycles. The van der Waals surface area contributed by atoms with Gasteiger partial charge >= 0.3 is 0 Å². The molecule has 0 fully saturated rings. The van der Waals surface area contributed by atoms with Gasteiger partial charge in [-0.3, -0.25) is 14.5 Å². The van der Waals surface area contributed by atoms with Crippen LogP contribution in [0.1, 0.15) is 31.2 Å². The predicted octanol–water partition coefficient (Wildman–Crippen LogP) is 2.47. The van der Waals surface area contributed by atoms with Gasteiger partial charge in [-0.05, 0) is 37.7 Å². The molecular weight excluding hydrogens is 238 g/mol. The van der Waals surface area contributed by atoms with Gasteiger partial charge in [-0.1, -0.05) is 30.3 Å². The van der Waals surface area contributed by atoms with Crippen molar-refractivity contribution >= 4 is 11.8 Å². The van der Waals surface area contributed by atoms with E-state index in [-0.39, 0.29) is 11.8 Å². The molecule has 0 saturated carbocycles. The molecule has 1 aliphatic carbocycles. The molecule has 2 aliphatic rings. The molecule has 0 bridgehead atoms. The molecule has 3 nitrogen and oxygen atoms in total. The van der Waals surface area contributed by atoms with Crippen LogP contribution in [-0.4, -0.2) is 23.3 Å². The molecule has 0 atom stereocenters. The number of imide groups is 1. The lowest BCUT2D eigenvalue weighted by Gasteiger charge is -2.14. The second-order valence-electron chi connectivity index (χ2n) is 5.16. The quantitative estimate of drug-likeness (QED) is 0.778. The molecular formula is C16H17NO2. The Morgan fingerprint density at radius 1 is 0.895 bits per heavy atom. The molecule has 3 heteroatoms. The first kappa shape index (κ1) is 12.2. The van der Waals surface area contributed by atoms with Crippen LogP contribution >= 0.6 is 0 Å². The van der Waals surface area contributed by atoms with Crippen LogP contribution in [0, 0.1) is 0 Å². The Morgan fingerprint density at radius 3 is 2.05 bits per heavy atom. The van der Waals surface area contributed by atoms with E-state index in [0.717, 1.165) is 48.8 Å². The zero-order valence-electron chi connectivity index (χ0n) is 10.9. The zero-order valence-corrected chi connectivity index (χ0v) is 10.9. The summed E-state index contributed by atoms with van der Waals surface area (Å²) in [6, 6.07) is 9.98. The number of hydrogen-bond donors (Lipinski definition) is 0. The number of amides is 2. The molecule has 0 saturated heterocycles. The zero-order chi connectivity index (χ0) is 13.2. The molecule has 98 valence electrons. The fourth-order valence-corrected chi connectivity index (χ4v) is 2.88. The molecule has 1 heterocycles. The molecule has 0 N–H and O–H groups in total. The maximum Gasteiger partial charge on any atom is 0.257 e. The van der Waals surface area contributed by atoms with E-state index in [0.29, 0.717) is 6.54 Å². The predicted molar refractivity (Wildman–Crippen MR) is 72.4 cm³/mol. The number of nitrogens with zero attached hydrogens (tertiary/aromatic N) is 1. The highest BCUT2D eigenvalue weighted by atomic mass is 16.2. The van der Waals surface area contributed by atoms with Gasteiger partial charge in [-0.25, -0.2) is 0 Å². The van der Waals surface area contributed by atoms with Gasteiger partial charge in [-0.15, -0.1) is 0 Å². The third-order valence-electron chi connectivity index (χ3n) is 3.94. The van der Waals surface area contributed by atoms with Crippen molar-refractivity contribution in [1.82, 2.24) is 4.90 Å². The Morgan fingerprint density at radius 2 is 1.47 bits per heavy atom. The molecule has 0 unspecified atom stereocenters. The van der Waals surface area contributed by atoms with Crippen LogP contribution in [0.25, 0.3) is 0 Å². The summed E-state index contributed by atoms with van der Waals surface area (Å²) in [4.78, 5) is 25.9. The summed E-state index contributed by atoms with van der Waals surface area (Å²) >= 11 is 0. The van der Waals surface area contributed by atoms with E-state index in [2.05, 4.69) is 0 Å². The lowest BCUT2D eigenvalue weighted by Crippen LogP contribution is -2.33. The lowest BCUT2D eigenvalue weighted by molar-refractivity contribution is -0.137. The molecule has 0 aromatic heterocycles. The first-order chi connectivity index (χ1) is 9.27. The summed E-state index contributed by atoms with van der Waals surface area (Å²) in [5.74, 6) is -0.0914. The maximum atomic E-state index is 12.2. The number of benzene rings is 1. The van der Waals surface area contributed by atoms with Crippen molar-refractivity contribution in [3.05, 3.63) is 47.0 Å². The summed E-state index contributed by atoms with van der Waals surface area (Å²) in [6.07, 6.45) is 4.36. The second-order valence-corrected chi connectivity index (χ2v) is 5.16. The lowest BCUT2D eigenvalue weighted by atomic mass is 9.93. The standard InChI is InChI=1S/C16H17NO2/c18-15-13-8-4-5-9-14(13)16(19)17(15)11-10-12-6-2-1-3-7-12/h1-3,6-7H,4-5,8-11H2. The fourth-order valence-electron chi connectivity index (χ4n) is 2.88. The minimum Gasteiger partial charge on any atom is -0.275 e. The maximum absolute atomic E-state index is 12.2. The van der Waals surface area contributed by atoms with Crippen molar-refractivity contribution in [2.75, 3.05) is 6.54 Å². The van der Waals surface area contributed by atoms with E-state index in [1.54, 1.807) is 0 Å². The van der Waals surface area contributed by atoms with Crippen molar-refractivity contribution < 1.29 is 9.59 Å². The summed E-state index contributed by atoms with van der Waals surface area (Å²) in [6.45, 7) is 0.495. The summed E-state index contributed by atoms with van der Waals surface area (Å²) in [5.41, 5.74) is 2.72. The van der Waals surface area contributed by atoms with Crippen molar-refractivity contribution in [3.63, 3.8) is 0 Å². The average molecular weight is 255 g/mol. The Labute approximate surface area is 112 Å². The van der Waals surface area contributed by atoms with Gasteiger partial charge in [-0.2, -0.15) is 0 Å². The van der Waals surface area contributed by atoms with Gasteiger partial charge in [0.1, 0.15) is 0 Å². The van der Waals surface area contributed by atoms with Gasteiger partial charge in [0.05, 0.1) is 0 Å². The molecule has 1 aromatic carbocycles. The van der Waals surface area contributed by atoms with Crippen LogP contribution in [-0.2, 0) is 16.0 Å². The minimum absolute atomic E-state index is 0.0457. The first-order valence-corrected chi connectivity index (χ1v) is 6.89. The van der Waals surface area contributed by atoms with Gasteiger partial charge in [0.25, 0.3) is 11.8 Å². The van der Waals surface area contributed by atoms with E-state index in [1.807, 2.05) is 30.3 Å². The van der Waals surface area contributed by atoms with Crippen LogP contribution < -0.4 is 0 Å². The van der Waals surface area contributed by atoms with Crippen LogP contribution in [0.3, 0.4) is 0 Å². The van der Waals surface area contributed by atoms with E-state index in [1.165, 1.54) is 4.90 Å². The Kier molecular flexibility index (Phi) is 3.20. The number of hydrogen-bond acceptors (Lipinski definition) is 2. The smallest absolute Gasteiger partial charge is 0.257 e. The minimum atomic E-state index is -0.0457. The van der Waals surface area contributed by atoms with Crippen molar-refractivity contribution in [2.45, 2.75) is 32.1 Å². The third-order valence-corrected chi connectivity index (χ3v) is 3.94.